The Morgan fingerprint density at radius 3 is 2.62 bits per heavy atom. The molecule has 1 rings (SSSR count). The van der Waals surface area contributed by atoms with Gasteiger partial charge in [0.1, 0.15) is 6.61 Å². The van der Waals surface area contributed by atoms with Crippen LogP contribution in [0.3, 0.4) is 0 Å². The van der Waals surface area contributed by atoms with Crippen molar-refractivity contribution < 1.29 is 9.53 Å². The van der Waals surface area contributed by atoms with Gasteiger partial charge in [-0.15, -0.1) is 0 Å². The standard InChI is InChI=1S/C12H16BrNO2/c1-2-16-9-12(15)14-11-5-3-10(4-6-11)7-8-13/h3-6H,2,7-9H2,1H3,(H,14,15). The minimum atomic E-state index is -0.116. The topological polar surface area (TPSA) is 38.3 Å². The lowest BCUT2D eigenvalue weighted by molar-refractivity contribution is -0.120. The van der Waals surface area contributed by atoms with Crippen molar-refractivity contribution in [2.75, 3.05) is 23.9 Å². The molecule has 0 spiro atoms. The number of aryl methyl sites for hydroxylation is 1. The third-order valence-corrected chi connectivity index (χ3v) is 2.45. The predicted molar refractivity (Wildman–Crippen MR) is 69.1 cm³/mol. The highest BCUT2D eigenvalue weighted by atomic mass is 79.9. The van der Waals surface area contributed by atoms with Gasteiger partial charge in [-0.3, -0.25) is 4.79 Å². The van der Waals surface area contributed by atoms with Crippen LogP contribution in [0.1, 0.15) is 12.5 Å². The number of alkyl halides is 1. The number of hydrogen-bond donors (Lipinski definition) is 1. The molecule has 88 valence electrons. The fraction of sp³-hybridized carbons (Fsp3) is 0.417. The summed E-state index contributed by atoms with van der Waals surface area (Å²) in [6.07, 6.45) is 0.993. The second kappa shape index (κ2) is 7.41. The molecule has 0 fully saturated rings. The van der Waals surface area contributed by atoms with Gasteiger partial charge in [0, 0.05) is 17.6 Å². The van der Waals surface area contributed by atoms with E-state index in [1.807, 2.05) is 31.2 Å². The fourth-order valence-corrected chi connectivity index (χ4v) is 1.71. The van der Waals surface area contributed by atoms with Crippen molar-refractivity contribution in [1.82, 2.24) is 0 Å². The first-order chi connectivity index (χ1) is 7.76. The smallest absolute Gasteiger partial charge is 0.250 e. The third kappa shape index (κ3) is 4.77. The van der Waals surface area contributed by atoms with Crippen LogP contribution in [-0.2, 0) is 16.0 Å². The lowest BCUT2D eigenvalue weighted by Crippen LogP contribution is -2.18. The summed E-state index contributed by atoms with van der Waals surface area (Å²) in [5.41, 5.74) is 2.06. The number of ether oxygens (including phenoxy) is 1. The summed E-state index contributed by atoms with van der Waals surface area (Å²) < 4.78 is 5.01. The Morgan fingerprint density at radius 2 is 2.06 bits per heavy atom. The van der Waals surface area contributed by atoms with E-state index >= 15 is 0 Å². The SMILES string of the molecule is CCOCC(=O)Nc1ccc(CCBr)cc1. The number of carbonyl (C=O) groups excluding carboxylic acids is 1. The molecule has 0 saturated heterocycles. The van der Waals surface area contributed by atoms with E-state index in [0.29, 0.717) is 6.61 Å². The molecule has 3 nitrogen and oxygen atoms in total. The lowest BCUT2D eigenvalue weighted by atomic mass is 10.1. The summed E-state index contributed by atoms with van der Waals surface area (Å²) >= 11 is 3.39. The molecule has 0 aromatic heterocycles. The van der Waals surface area contributed by atoms with Crippen LogP contribution in [0.2, 0.25) is 0 Å². The molecule has 0 radical (unpaired) electrons. The van der Waals surface area contributed by atoms with Gasteiger partial charge in [0.05, 0.1) is 0 Å². The van der Waals surface area contributed by atoms with E-state index in [0.717, 1.165) is 17.4 Å². The van der Waals surface area contributed by atoms with E-state index in [1.165, 1.54) is 5.56 Å². The largest absolute Gasteiger partial charge is 0.372 e. The summed E-state index contributed by atoms with van der Waals surface area (Å²) in [5, 5.41) is 3.72. The Bertz CT molecular complexity index is 324. The maximum absolute atomic E-state index is 11.3. The van der Waals surface area contributed by atoms with Crippen LogP contribution in [-0.4, -0.2) is 24.5 Å². The normalized spacial score (nSPS) is 10.1. The average Bonchev–Trinajstić information content (AvgIpc) is 2.29. The second-order valence-electron chi connectivity index (χ2n) is 3.32. The van der Waals surface area contributed by atoms with Crippen LogP contribution in [0.15, 0.2) is 24.3 Å². The van der Waals surface area contributed by atoms with Gasteiger partial charge in [0.15, 0.2) is 0 Å². The van der Waals surface area contributed by atoms with Crippen molar-refractivity contribution in [2.24, 2.45) is 0 Å². The van der Waals surface area contributed by atoms with Crippen LogP contribution in [0.5, 0.6) is 0 Å². The molecule has 1 aromatic rings. The molecule has 0 bridgehead atoms. The van der Waals surface area contributed by atoms with Crippen molar-refractivity contribution in [3.63, 3.8) is 0 Å². The maximum Gasteiger partial charge on any atom is 0.250 e. The molecular weight excluding hydrogens is 270 g/mol. The number of carbonyl (C=O) groups is 1. The zero-order valence-corrected chi connectivity index (χ0v) is 10.9. The summed E-state index contributed by atoms with van der Waals surface area (Å²) in [5.74, 6) is -0.116. The van der Waals surface area contributed by atoms with Gasteiger partial charge in [-0.05, 0) is 31.0 Å². The first-order valence-corrected chi connectivity index (χ1v) is 6.41. The van der Waals surface area contributed by atoms with Gasteiger partial charge < -0.3 is 10.1 Å². The Kier molecular flexibility index (Phi) is 6.11. The van der Waals surface area contributed by atoms with Crippen LogP contribution in [0.25, 0.3) is 0 Å². The highest BCUT2D eigenvalue weighted by Crippen LogP contribution is 2.10. The number of benzene rings is 1. The maximum atomic E-state index is 11.3. The highest BCUT2D eigenvalue weighted by molar-refractivity contribution is 9.09. The molecule has 0 aliphatic rings. The molecule has 1 N–H and O–H groups in total. The molecule has 1 aromatic carbocycles. The molecule has 0 unspecified atom stereocenters. The van der Waals surface area contributed by atoms with Crippen molar-refractivity contribution in [1.29, 1.82) is 0 Å². The number of nitrogens with one attached hydrogen (secondary N) is 1. The Morgan fingerprint density at radius 1 is 1.38 bits per heavy atom. The van der Waals surface area contributed by atoms with Crippen molar-refractivity contribution in [2.45, 2.75) is 13.3 Å². The zero-order chi connectivity index (χ0) is 11.8. The summed E-state index contributed by atoms with van der Waals surface area (Å²) in [7, 11) is 0. The van der Waals surface area contributed by atoms with Crippen LogP contribution >= 0.6 is 15.9 Å². The van der Waals surface area contributed by atoms with Gasteiger partial charge in [-0.25, -0.2) is 0 Å². The van der Waals surface area contributed by atoms with Crippen molar-refractivity contribution in [3.05, 3.63) is 29.8 Å². The minimum absolute atomic E-state index is 0.111. The van der Waals surface area contributed by atoms with Crippen LogP contribution in [0.4, 0.5) is 5.69 Å². The zero-order valence-electron chi connectivity index (χ0n) is 9.33. The molecule has 0 aliphatic carbocycles. The monoisotopic (exact) mass is 285 g/mol. The van der Waals surface area contributed by atoms with E-state index in [-0.39, 0.29) is 12.5 Å². The first kappa shape index (κ1) is 13.2. The highest BCUT2D eigenvalue weighted by Gasteiger charge is 2.01. The summed E-state index contributed by atoms with van der Waals surface area (Å²) in [6.45, 7) is 2.53. The number of hydrogen-bond acceptors (Lipinski definition) is 2. The summed E-state index contributed by atoms with van der Waals surface area (Å²) in [6, 6.07) is 7.83. The average molecular weight is 286 g/mol. The molecule has 0 atom stereocenters. The summed E-state index contributed by atoms with van der Waals surface area (Å²) in [4.78, 5) is 11.3. The van der Waals surface area contributed by atoms with Gasteiger partial charge in [-0.1, -0.05) is 28.1 Å². The number of amides is 1. The molecule has 1 amide bonds. The van der Waals surface area contributed by atoms with Gasteiger partial charge in [0.25, 0.3) is 0 Å². The van der Waals surface area contributed by atoms with E-state index in [9.17, 15) is 4.79 Å². The van der Waals surface area contributed by atoms with E-state index < -0.39 is 0 Å². The first-order valence-electron chi connectivity index (χ1n) is 5.28. The molecule has 0 saturated carbocycles. The molecule has 16 heavy (non-hydrogen) atoms. The van der Waals surface area contributed by atoms with Crippen LogP contribution in [0, 0.1) is 0 Å². The van der Waals surface area contributed by atoms with E-state index in [4.69, 9.17) is 4.74 Å². The number of anilines is 1. The van der Waals surface area contributed by atoms with Crippen LogP contribution < -0.4 is 5.32 Å². The molecule has 0 heterocycles. The predicted octanol–water partition coefficient (Wildman–Crippen LogP) is 2.60. The van der Waals surface area contributed by atoms with Gasteiger partial charge in [-0.2, -0.15) is 0 Å². The van der Waals surface area contributed by atoms with Crippen molar-refractivity contribution in [3.8, 4) is 0 Å². The Balaban J connectivity index is 2.45. The Hall–Kier alpha value is -0.870. The fourth-order valence-electron chi connectivity index (χ4n) is 1.26. The molecule has 4 heteroatoms. The minimum Gasteiger partial charge on any atom is -0.372 e. The Labute approximate surface area is 104 Å². The van der Waals surface area contributed by atoms with Crippen molar-refractivity contribution >= 4 is 27.5 Å². The second-order valence-corrected chi connectivity index (χ2v) is 4.11. The third-order valence-electron chi connectivity index (χ3n) is 2.06. The van der Waals surface area contributed by atoms with E-state index in [1.54, 1.807) is 0 Å². The van der Waals surface area contributed by atoms with E-state index in [2.05, 4.69) is 21.2 Å². The molecular formula is C12H16BrNO2. The number of rotatable bonds is 6. The van der Waals surface area contributed by atoms with Gasteiger partial charge in [0.2, 0.25) is 5.91 Å². The molecule has 0 aliphatic heterocycles. The van der Waals surface area contributed by atoms with Gasteiger partial charge >= 0.3 is 0 Å². The quantitative estimate of drug-likeness (QED) is 0.816. The lowest BCUT2D eigenvalue weighted by Gasteiger charge is -2.06. The number of halogens is 1.